The summed E-state index contributed by atoms with van der Waals surface area (Å²) in [6, 6.07) is 9.06. The van der Waals surface area contributed by atoms with Gasteiger partial charge in [-0.05, 0) is 43.7 Å². The molecule has 118 valence electrons. The number of amides is 1. The van der Waals surface area contributed by atoms with Crippen molar-refractivity contribution in [3.8, 4) is 0 Å². The van der Waals surface area contributed by atoms with Crippen LogP contribution in [-0.4, -0.2) is 28.0 Å². The molecule has 3 N–H and O–H groups in total. The SMILES string of the molecule is Cl.O=C(CC1CC2CCC(C1)N2)Nc1nc2ccccc2[nH]1. The maximum atomic E-state index is 12.2. The smallest absolute Gasteiger partial charge is 0.226 e. The Labute approximate surface area is 135 Å². The highest BCUT2D eigenvalue weighted by Crippen LogP contribution is 2.32. The van der Waals surface area contributed by atoms with Crippen LogP contribution in [-0.2, 0) is 4.79 Å². The number of halogens is 1. The monoisotopic (exact) mass is 320 g/mol. The molecule has 22 heavy (non-hydrogen) atoms. The van der Waals surface area contributed by atoms with Crippen molar-refractivity contribution < 1.29 is 4.79 Å². The summed E-state index contributed by atoms with van der Waals surface area (Å²) in [7, 11) is 0. The number of nitrogens with one attached hydrogen (secondary N) is 3. The number of nitrogens with zero attached hydrogens (tertiary/aromatic N) is 1. The van der Waals surface area contributed by atoms with Crippen molar-refractivity contribution in [2.24, 2.45) is 5.92 Å². The number of anilines is 1. The fraction of sp³-hybridized carbons (Fsp3) is 0.500. The van der Waals surface area contributed by atoms with Gasteiger partial charge in [0, 0.05) is 18.5 Å². The van der Waals surface area contributed by atoms with Gasteiger partial charge in [0.2, 0.25) is 11.9 Å². The zero-order valence-corrected chi connectivity index (χ0v) is 13.2. The number of aromatic amines is 1. The Morgan fingerprint density at radius 3 is 2.68 bits per heavy atom. The number of para-hydroxylation sites is 2. The maximum Gasteiger partial charge on any atom is 0.226 e. The molecule has 2 fully saturated rings. The molecule has 2 unspecified atom stereocenters. The molecular formula is C16H21ClN4O. The number of fused-ring (bicyclic) bond motifs is 3. The third-order valence-corrected chi connectivity index (χ3v) is 4.69. The van der Waals surface area contributed by atoms with E-state index in [1.54, 1.807) is 0 Å². The summed E-state index contributed by atoms with van der Waals surface area (Å²) in [5.41, 5.74) is 1.83. The molecule has 2 atom stereocenters. The first-order chi connectivity index (χ1) is 10.3. The molecule has 1 amide bonds. The topological polar surface area (TPSA) is 69.8 Å². The predicted molar refractivity (Wildman–Crippen MR) is 89.3 cm³/mol. The third-order valence-electron chi connectivity index (χ3n) is 4.69. The molecule has 0 spiro atoms. The van der Waals surface area contributed by atoms with Crippen LogP contribution >= 0.6 is 12.4 Å². The van der Waals surface area contributed by atoms with Gasteiger partial charge in [-0.3, -0.25) is 10.1 Å². The Hall–Kier alpha value is -1.59. The van der Waals surface area contributed by atoms with E-state index in [1.165, 1.54) is 12.8 Å². The molecule has 2 aromatic rings. The van der Waals surface area contributed by atoms with E-state index in [4.69, 9.17) is 0 Å². The summed E-state index contributed by atoms with van der Waals surface area (Å²) in [6.45, 7) is 0. The lowest BCUT2D eigenvalue weighted by atomic mass is 9.89. The molecule has 2 aliphatic rings. The minimum atomic E-state index is 0. The van der Waals surface area contributed by atoms with Crippen LogP contribution in [0.3, 0.4) is 0 Å². The molecule has 1 aromatic heterocycles. The molecule has 2 aliphatic heterocycles. The van der Waals surface area contributed by atoms with E-state index in [1.807, 2.05) is 24.3 Å². The van der Waals surface area contributed by atoms with Gasteiger partial charge in [-0.25, -0.2) is 4.98 Å². The van der Waals surface area contributed by atoms with Gasteiger partial charge in [0.25, 0.3) is 0 Å². The zero-order chi connectivity index (χ0) is 14.2. The molecule has 3 heterocycles. The highest BCUT2D eigenvalue weighted by atomic mass is 35.5. The third kappa shape index (κ3) is 3.10. The van der Waals surface area contributed by atoms with Gasteiger partial charge < -0.3 is 10.3 Å². The quantitative estimate of drug-likeness (QED) is 0.814. The Balaban J connectivity index is 0.00000144. The summed E-state index contributed by atoms with van der Waals surface area (Å²) in [5.74, 6) is 1.13. The van der Waals surface area contributed by atoms with Crippen LogP contribution in [0, 0.1) is 5.92 Å². The molecule has 0 radical (unpaired) electrons. The average molecular weight is 321 g/mol. The highest BCUT2D eigenvalue weighted by molar-refractivity contribution is 5.91. The van der Waals surface area contributed by atoms with Crippen molar-refractivity contribution in [2.75, 3.05) is 5.32 Å². The number of imidazole rings is 1. The zero-order valence-electron chi connectivity index (χ0n) is 12.3. The number of H-pyrrole nitrogens is 1. The lowest BCUT2D eigenvalue weighted by Crippen LogP contribution is -2.39. The molecule has 5 nitrogen and oxygen atoms in total. The normalized spacial score (nSPS) is 26.6. The van der Waals surface area contributed by atoms with E-state index in [-0.39, 0.29) is 18.3 Å². The number of carbonyl (C=O) groups excluding carboxylic acids is 1. The van der Waals surface area contributed by atoms with Gasteiger partial charge >= 0.3 is 0 Å². The second-order valence-electron chi connectivity index (χ2n) is 6.33. The van der Waals surface area contributed by atoms with Crippen LogP contribution in [0.25, 0.3) is 11.0 Å². The fourth-order valence-corrected chi connectivity index (χ4v) is 3.80. The van der Waals surface area contributed by atoms with Crippen LogP contribution in [0.5, 0.6) is 0 Å². The van der Waals surface area contributed by atoms with E-state index in [0.29, 0.717) is 30.4 Å². The van der Waals surface area contributed by atoms with Crippen molar-refractivity contribution in [3.05, 3.63) is 24.3 Å². The van der Waals surface area contributed by atoms with Crippen molar-refractivity contribution in [1.82, 2.24) is 15.3 Å². The molecule has 2 bridgehead atoms. The number of hydrogen-bond acceptors (Lipinski definition) is 3. The summed E-state index contributed by atoms with van der Waals surface area (Å²) >= 11 is 0. The Morgan fingerprint density at radius 2 is 1.95 bits per heavy atom. The Morgan fingerprint density at radius 1 is 1.23 bits per heavy atom. The molecule has 0 aliphatic carbocycles. The number of carbonyl (C=O) groups is 1. The molecule has 4 rings (SSSR count). The van der Waals surface area contributed by atoms with E-state index in [2.05, 4.69) is 20.6 Å². The number of piperidine rings is 1. The summed E-state index contributed by atoms with van der Waals surface area (Å²) in [4.78, 5) is 19.7. The Bertz CT molecular complexity index is 626. The van der Waals surface area contributed by atoms with Gasteiger partial charge in [0.15, 0.2) is 0 Å². The summed E-state index contributed by atoms with van der Waals surface area (Å²) in [5, 5.41) is 6.51. The van der Waals surface area contributed by atoms with Gasteiger partial charge in [-0.15, -0.1) is 12.4 Å². The van der Waals surface area contributed by atoms with Crippen LogP contribution < -0.4 is 10.6 Å². The van der Waals surface area contributed by atoms with Gasteiger partial charge in [0.1, 0.15) is 0 Å². The number of rotatable bonds is 3. The first-order valence-electron chi connectivity index (χ1n) is 7.77. The van der Waals surface area contributed by atoms with E-state index < -0.39 is 0 Å². The fourth-order valence-electron chi connectivity index (χ4n) is 3.80. The van der Waals surface area contributed by atoms with Crippen LogP contribution in [0.15, 0.2) is 24.3 Å². The largest absolute Gasteiger partial charge is 0.324 e. The van der Waals surface area contributed by atoms with Crippen LogP contribution in [0.4, 0.5) is 5.95 Å². The van der Waals surface area contributed by atoms with Gasteiger partial charge in [0.05, 0.1) is 11.0 Å². The molecule has 0 saturated carbocycles. The maximum absolute atomic E-state index is 12.2. The van der Waals surface area contributed by atoms with E-state index >= 15 is 0 Å². The molecular weight excluding hydrogens is 300 g/mol. The van der Waals surface area contributed by atoms with Crippen molar-refractivity contribution >= 4 is 35.3 Å². The van der Waals surface area contributed by atoms with E-state index in [0.717, 1.165) is 23.9 Å². The average Bonchev–Trinajstić information content (AvgIpc) is 3.01. The summed E-state index contributed by atoms with van der Waals surface area (Å²) < 4.78 is 0. The van der Waals surface area contributed by atoms with Crippen molar-refractivity contribution in [1.29, 1.82) is 0 Å². The first-order valence-corrected chi connectivity index (χ1v) is 7.77. The van der Waals surface area contributed by atoms with Crippen molar-refractivity contribution in [2.45, 2.75) is 44.2 Å². The van der Waals surface area contributed by atoms with Gasteiger partial charge in [-0.1, -0.05) is 12.1 Å². The first kappa shape index (κ1) is 15.3. The minimum Gasteiger partial charge on any atom is -0.324 e. The second-order valence-corrected chi connectivity index (χ2v) is 6.33. The minimum absolute atomic E-state index is 0. The van der Waals surface area contributed by atoms with E-state index in [9.17, 15) is 4.79 Å². The molecule has 6 heteroatoms. The number of aromatic nitrogens is 2. The van der Waals surface area contributed by atoms with Gasteiger partial charge in [-0.2, -0.15) is 0 Å². The molecule has 2 saturated heterocycles. The second kappa shape index (κ2) is 6.26. The van der Waals surface area contributed by atoms with Crippen molar-refractivity contribution in [3.63, 3.8) is 0 Å². The lowest BCUT2D eigenvalue weighted by Gasteiger charge is -2.28. The predicted octanol–water partition coefficient (Wildman–Crippen LogP) is 2.84. The lowest BCUT2D eigenvalue weighted by molar-refractivity contribution is -0.117. The molecule has 1 aromatic carbocycles. The number of benzene rings is 1. The highest BCUT2D eigenvalue weighted by Gasteiger charge is 2.34. The van der Waals surface area contributed by atoms with Crippen LogP contribution in [0.1, 0.15) is 32.1 Å². The Kier molecular flexibility index (Phi) is 4.36. The summed E-state index contributed by atoms with van der Waals surface area (Å²) in [6.07, 6.45) is 5.40. The standard InChI is InChI=1S/C16H20N4O.ClH/c21-15(9-10-7-11-5-6-12(8-10)17-11)20-16-18-13-3-1-2-4-14(13)19-16;/h1-4,10-12,17H,5-9H2,(H2,18,19,20,21);1H. The number of hydrogen-bond donors (Lipinski definition) is 3. The van der Waals surface area contributed by atoms with Crippen LogP contribution in [0.2, 0.25) is 0 Å².